The number of halogens is 2. The van der Waals surface area contributed by atoms with Gasteiger partial charge in [0.1, 0.15) is 5.75 Å². The second-order valence-electron chi connectivity index (χ2n) is 5.14. The number of benzene rings is 2. The summed E-state index contributed by atoms with van der Waals surface area (Å²) in [5.74, 6) is -1.43. The Labute approximate surface area is 149 Å². The third-order valence-corrected chi connectivity index (χ3v) is 3.74. The van der Waals surface area contributed by atoms with E-state index in [-0.39, 0.29) is 16.3 Å². The van der Waals surface area contributed by atoms with Gasteiger partial charge in [0.15, 0.2) is 6.10 Å². The number of hydrogen-bond donors (Lipinski definition) is 1. The molecule has 0 aliphatic rings. The summed E-state index contributed by atoms with van der Waals surface area (Å²) in [5, 5.41) is 14.4. The molecule has 0 bridgehead atoms. The Balaban J connectivity index is 2.13. The molecule has 2 aromatic carbocycles. The zero-order valence-electron chi connectivity index (χ0n) is 12.9. The number of carboxylic acid groups (broad SMARTS) is 1. The van der Waals surface area contributed by atoms with Gasteiger partial charge in [0, 0.05) is 15.6 Å². The summed E-state index contributed by atoms with van der Waals surface area (Å²) in [6, 6.07) is 9.11. The van der Waals surface area contributed by atoms with Crippen LogP contribution >= 0.6 is 23.2 Å². The first-order chi connectivity index (χ1) is 11.3. The summed E-state index contributed by atoms with van der Waals surface area (Å²) in [6.07, 6.45) is -0.852. The number of aromatic carboxylic acids is 1. The lowest BCUT2D eigenvalue weighted by atomic mass is 10.1. The normalized spacial score (nSPS) is 11.7. The van der Waals surface area contributed by atoms with E-state index in [9.17, 15) is 14.7 Å². The zero-order valence-corrected chi connectivity index (χ0v) is 14.4. The van der Waals surface area contributed by atoms with E-state index in [1.807, 2.05) is 0 Å². The van der Waals surface area contributed by atoms with Crippen molar-refractivity contribution >= 4 is 40.8 Å². The highest BCUT2D eigenvalue weighted by atomic mass is 35.5. The highest BCUT2D eigenvalue weighted by Gasteiger charge is 2.17. The van der Waals surface area contributed by atoms with Gasteiger partial charge in [0.25, 0.3) is 5.91 Å². The fraction of sp³-hybridized carbons (Fsp3) is 0.176. The molecule has 1 amide bonds. The van der Waals surface area contributed by atoms with Gasteiger partial charge in [-0.1, -0.05) is 23.2 Å². The van der Waals surface area contributed by atoms with Crippen molar-refractivity contribution in [3.63, 3.8) is 0 Å². The molecule has 7 heteroatoms. The summed E-state index contributed by atoms with van der Waals surface area (Å²) >= 11 is 11.6. The number of carbonyl (C=O) groups excluding carboxylic acids is 2. The quantitative estimate of drug-likeness (QED) is 0.881. The Bertz CT molecular complexity index is 792. The molecule has 0 aliphatic heterocycles. The maximum atomic E-state index is 12.2. The maximum absolute atomic E-state index is 12.2. The molecule has 5 nitrogen and oxygen atoms in total. The molecular formula is C17H14Cl2NO4-. The molecule has 0 saturated heterocycles. The molecule has 24 heavy (non-hydrogen) atoms. The average Bonchev–Trinajstić information content (AvgIpc) is 2.51. The van der Waals surface area contributed by atoms with Crippen molar-refractivity contribution in [2.75, 3.05) is 5.32 Å². The van der Waals surface area contributed by atoms with Crippen LogP contribution in [0.4, 0.5) is 5.69 Å². The number of ether oxygens (including phenoxy) is 1. The van der Waals surface area contributed by atoms with Crippen molar-refractivity contribution in [1.29, 1.82) is 0 Å². The molecule has 126 valence electrons. The molecule has 0 unspecified atom stereocenters. The number of hydrogen-bond acceptors (Lipinski definition) is 4. The fourth-order valence-corrected chi connectivity index (χ4v) is 2.42. The number of rotatable bonds is 5. The summed E-state index contributed by atoms with van der Waals surface area (Å²) in [5.41, 5.74) is 0.669. The zero-order chi connectivity index (χ0) is 17.9. The van der Waals surface area contributed by atoms with Gasteiger partial charge >= 0.3 is 0 Å². The molecule has 0 aromatic heterocycles. The second kappa shape index (κ2) is 7.55. The number of aryl methyl sites for hydroxylation is 1. The number of amides is 1. The van der Waals surface area contributed by atoms with Crippen LogP contribution in [0, 0.1) is 6.92 Å². The van der Waals surface area contributed by atoms with Crippen molar-refractivity contribution in [2.45, 2.75) is 20.0 Å². The van der Waals surface area contributed by atoms with Crippen LogP contribution in [0.5, 0.6) is 5.75 Å². The molecule has 0 saturated carbocycles. The Morgan fingerprint density at radius 3 is 2.38 bits per heavy atom. The molecule has 0 spiro atoms. The smallest absolute Gasteiger partial charge is 0.265 e. The summed E-state index contributed by atoms with van der Waals surface area (Å²) < 4.78 is 5.60. The minimum Gasteiger partial charge on any atom is -0.545 e. The molecule has 1 atom stereocenters. The standard InChI is InChI=1S/C17H15Cl2NO4/c1-9-7-11(18)4-6-15(9)24-10(2)16(21)20-14-5-3-12(19)8-13(14)17(22)23/h3-8,10H,1-2H3,(H,20,21)(H,22,23)/p-1/t10-/m1/s1. The van der Waals surface area contributed by atoms with Crippen LogP contribution in [0.2, 0.25) is 10.0 Å². The van der Waals surface area contributed by atoms with Gasteiger partial charge in [-0.25, -0.2) is 0 Å². The molecular weight excluding hydrogens is 353 g/mol. The van der Waals surface area contributed by atoms with Gasteiger partial charge in [-0.15, -0.1) is 0 Å². The number of carbonyl (C=O) groups is 2. The second-order valence-corrected chi connectivity index (χ2v) is 6.01. The van der Waals surface area contributed by atoms with Crippen LogP contribution in [-0.4, -0.2) is 18.0 Å². The van der Waals surface area contributed by atoms with Crippen molar-refractivity contribution in [1.82, 2.24) is 0 Å². The fourth-order valence-electron chi connectivity index (χ4n) is 2.02. The first-order valence-corrected chi connectivity index (χ1v) is 7.78. The predicted molar refractivity (Wildman–Crippen MR) is 90.7 cm³/mol. The highest BCUT2D eigenvalue weighted by molar-refractivity contribution is 6.31. The van der Waals surface area contributed by atoms with Crippen LogP contribution in [0.1, 0.15) is 22.8 Å². The molecule has 0 heterocycles. The first-order valence-electron chi connectivity index (χ1n) is 7.02. The first kappa shape index (κ1) is 18.1. The number of nitrogens with one attached hydrogen (secondary N) is 1. The third kappa shape index (κ3) is 4.40. The lowest BCUT2D eigenvalue weighted by Gasteiger charge is -2.18. The highest BCUT2D eigenvalue weighted by Crippen LogP contribution is 2.24. The lowest BCUT2D eigenvalue weighted by Crippen LogP contribution is -2.32. The van der Waals surface area contributed by atoms with E-state index < -0.39 is 18.0 Å². The van der Waals surface area contributed by atoms with E-state index in [1.54, 1.807) is 32.0 Å². The largest absolute Gasteiger partial charge is 0.545 e. The van der Waals surface area contributed by atoms with Gasteiger partial charge in [-0.05, 0) is 55.8 Å². The van der Waals surface area contributed by atoms with E-state index >= 15 is 0 Å². The van der Waals surface area contributed by atoms with E-state index in [0.29, 0.717) is 10.8 Å². The monoisotopic (exact) mass is 366 g/mol. The molecule has 0 aliphatic carbocycles. The Morgan fingerprint density at radius 1 is 1.12 bits per heavy atom. The maximum Gasteiger partial charge on any atom is 0.265 e. The molecule has 0 radical (unpaired) electrons. The van der Waals surface area contributed by atoms with E-state index in [1.165, 1.54) is 18.2 Å². The van der Waals surface area contributed by atoms with Crippen LogP contribution in [-0.2, 0) is 4.79 Å². The summed E-state index contributed by atoms with van der Waals surface area (Å²) in [6.45, 7) is 3.36. The Kier molecular flexibility index (Phi) is 5.70. The average molecular weight is 367 g/mol. The minimum absolute atomic E-state index is 0.0904. The van der Waals surface area contributed by atoms with E-state index in [2.05, 4.69) is 5.32 Å². The topological polar surface area (TPSA) is 78.5 Å². The minimum atomic E-state index is -1.44. The SMILES string of the molecule is Cc1cc(Cl)ccc1O[C@H](C)C(=O)Nc1ccc(Cl)cc1C(=O)[O-]. The van der Waals surface area contributed by atoms with E-state index in [4.69, 9.17) is 27.9 Å². The number of anilines is 1. The lowest BCUT2D eigenvalue weighted by molar-refractivity contribution is -0.254. The van der Waals surface area contributed by atoms with Gasteiger partial charge in [0.2, 0.25) is 0 Å². The van der Waals surface area contributed by atoms with Crippen molar-refractivity contribution in [3.05, 3.63) is 57.6 Å². The summed E-state index contributed by atoms with van der Waals surface area (Å²) in [4.78, 5) is 23.4. The van der Waals surface area contributed by atoms with Crippen LogP contribution in [0.25, 0.3) is 0 Å². The van der Waals surface area contributed by atoms with Crippen LogP contribution in [0.15, 0.2) is 36.4 Å². The Morgan fingerprint density at radius 2 is 1.75 bits per heavy atom. The Hall–Kier alpha value is -2.24. The van der Waals surface area contributed by atoms with Gasteiger partial charge in [-0.2, -0.15) is 0 Å². The molecule has 2 rings (SSSR count). The van der Waals surface area contributed by atoms with Crippen molar-refractivity contribution in [3.8, 4) is 5.75 Å². The van der Waals surface area contributed by atoms with Gasteiger partial charge < -0.3 is 20.0 Å². The summed E-state index contributed by atoms with van der Waals surface area (Å²) in [7, 11) is 0. The van der Waals surface area contributed by atoms with Crippen molar-refractivity contribution < 1.29 is 19.4 Å². The van der Waals surface area contributed by atoms with Gasteiger partial charge in [0.05, 0.1) is 11.7 Å². The van der Waals surface area contributed by atoms with Crippen LogP contribution in [0.3, 0.4) is 0 Å². The number of carboxylic acids is 1. The van der Waals surface area contributed by atoms with E-state index in [0.717, 1.165) is 5.56 Å². The van der Waals surface area contributed by atoms with Gasteiger partial charge in [-0.3, -0.25) is 4.79 Å². The molecule has 2 aromatic rings. The molecule has 0 fully saturated rings. The van der Waals surface area contributed by atoms with Crippen molar-refractivity contribution in [2.24, 2.45) is 0 Å². The van der Waals surface area contributed by atoms with Crippen LogP contribution < -0.4 is 15.2 Å². The molecule has 1 N–H and O–H groups in total. The third-order valence-electron chi connectivity index (χ3n) is 3.27. The predicted octanol–water partition coefficient (Wildman–Crippen LogP) is 3.07.